The standard InChI is InChI=1S/C11H23N2O7P/c1-12-11(14)13-8-5-7(6-17-2)9(10(8)18-3)20-21(15,16)19-4/h7-10H,5-6H2,1-4H3,(H,15,16)(H2,12,13,14)/t7-,8-,9?,10-/m1/s1. The maximum atomic E-state index is 11.7. The number of hydrogen-bond donors (Lipinski definition) is 3. The van der Waals surface area contributed by atoms with E-state index < -0.39 is 20.0 Å². The van der Waals surface area contributed by atoms with Crippen LogP contribution < -0.4 is 10.6 Å². The minimum absolute atomic E-state index is 0.210. The summed E-state index contributed by atoms with van der Waals surface area (Å²) in [5, 5.41) is 5.18. The summed E-state index contributed by atoms with van der Waals surface area (Å²) in [6, 6.07) is -0.727. The monoisotopic (exact) mass is 326 g/mol. The molecule has 0 aliphatic heterocycles. The SMILES string of the molecule is CNC(=O)N[C@@H]1C[C@H](COC)C(OP(=O)(O)OC)[C@@H]1OC. The molecule has 0 radical (unpaired) electrons. The van der Waals surface area contributed by atoms with Gasteiger partial charge in [-0.2, -0.15) is 0 Å². The van der Waals surface area contributed by atoms with Crippen LogP contribution in [0.3, 0.4) is 0 Å². The summed E-state index contributed by atoms with van der Waals surface area (Å²) in [5.41, 5.74) is 0. The minimum Gasteiger partial charge on any atom is -0.384 e. The fourth-order valence-corrected chi connectivity index (χ4v) is 3.18. The second kappa shape index (κ2) is 8.07. The molecule has 3 N–H and O–H groups in total. The highest BCUT2D eigenvalue weighted by Crippen LogP contribution is 2.48. The van der Waals surface area contributed by atoms with Crippen molar-refractivity contribution in [3.63, 3.8) is 0 Å². The molecule has 9 nitrogen and oxygen atoms in total. The Kier molecular flexibility index (Phi) is 7.05. The number of nitrogens with one attached hydrogen (secondary N) is 2. The van der Waals surface area contributed by atoms with Gasteiger partial charge in [0.05, 0.1) is 12.6 Å². The Hall–Kier alpha value is -0.700. The lowest BCUT2D eigenvalue weighted by atomic mass is 10.1. The van der Waals surface area contributed by atoms with Gasteiger partial charge in [-0.3, -0.25) is 9.05 Å². The summed E-state index contributed by atoms with van der Waals surface area (Å²) < 4.78 is 31.7. The number of urea groups is 1. The normalized spacial score (nSPS) is 31.7. The van der Waals surface area contributed by atoms with Gasteiger partial charge in [-0.15, -0.1) is 0 Å². The van der Waals surface area contributed by atoms with Crippen LogP contribution in [0, 0.1) is 5.92 Å². The third-order valence-electron chi connectivity index (χ3n) is 3.42. The molecular formula is C11H23N2O7P. The van der Waals surface area contributed by atoms with E-state index in [1.807, 2.05) is 0 Å². The van der Waals surface area contributed by atoms with Crippen molar-refractivity contribution in [1.29, 1.82) is 0 Å². The Balaban J connectivity index is 2.88. The van der Waals surface area contributed by atoms with E-state index in [-0.39, 0.29) is 18.0 Å². The third-order valence-corrected chi connectivity index (χ3v) is 4.40. The van der Waals surface area contributed by atoms with Gasteiger partial charge in [0, 0.05) is 34.3 Å². The van der Waals surface area contributed by atoms with Gasteiger partial charge in [0.2, 0.25) is 0 Å². The fraction of sp³-hybridized carbons (Fsp3) is 0.909. The average Bonchev–Trinajstić information content (AvgIpc) is 2.75. The zero-order valence-corrected chi connectivity index (χ0v) is 13.5. The summed E-state index contributed by atoms with van der Waals surface area (Å²) in [4.78, 5) is 21.0. The summed E-state index contributed by atoms with van der Waals surface area (Å²) >= 11 is 0. The first kappa shape index (κ1) is 18.3. The maximum absolute atomic E-state index is 11.7. The van der Waals surface area contributed by atoms with E-state index in [1.165, 1.54) is 21.3 Å². The molecule has 1 aliphatic carbocycles. The van der Waals surface area contributed by atoms with Crippen LogP contribution in [0.5, 0.6) is 0 Å². The number of phosphoric ester groups is 1. The highest BCUT2D eigenvalue weighted by atomic mass is 31.2. The minimum atomic E-state index is -4.17. The summed E-state index contributed by atoms with van der Waals surface area (Å²) in [5.74, 6) is -0.210. The zero-order valence-electron chi connectivity index (χ0n) is 12.6. The van der Waals surface area contributed by atoms with Gasteiger partial charge < -0.3 is 25.0 Å². The topological polar surface area (TPSA) is 115 Å². The van der Waals surface area contributed by atoms with Gasteiger partial charge in [-0.05, 0) is 6.42 Å². The van der Waals surface area contributed by atoms with Crippen molar-refractivity contribution in [3.05, 3.63) is 0 Å². The van der Waals surface area contributed by atoms with E-state index in [4.69, 9.17) is 14.0 Å². The Morgan fingerprint density at radius 1 is 1.33 bits per heavy atom. The molecule has 0 aromatic rings. The number of rotatable bonds is 7. The Morgan fingerprint density at radius 3 is 2.48 bits per heavy atom. The highest BCUT2D eigenvalue weighted by Gasteiger charge is 2.48. The van der Waals surface area contributed by atoms with Crippen LogP contribution in [-0.4, -0.2) is 64.2 Å². The van der Waals surface area contributed by atoms with Gasteiger partial charge in [0.1, 0.15) is 12.2 Å². The van der Waals surface area contributed by atoms with Crippen molar-refractivity contribution >= 4 is 13.9 Å². The van der Waals surface area contributed by atoms with Crippen molar-refractivity contribution in [2.75, 3.05) is 35.0 Å². The van der Waals surface area contributed by atoms with Gasteiger partial charge in [0.15, 0.2) is 0 Å². The molecule has 2 amide bonds. The number of hydrogen-bond acceptors (Lipinski definition) is 6. The first-order chi connectivity index (χ1) is 9.88. The smallest absolute Gasteiger partial charge is 0.384 e. The largest absolute Gasteiger partial charge is 0.472 e. The number of carbonyl (C=O) groups is 1. The number of ether oxygens (including phenoxy) is 2. The van der Waals surface area contributed by atoms with Crippen molar-refractivity contribution < 1.29 is 32.8 Å². The molecule has 0 saturated heterocycles. The summed E-state index contributed by atoms with van der Waals surface area (Å²) in [6.45, 7) is 0.306. The maximum Gasteiger partial charge on any atom is 0.472 e. The van der Waals surface area contributed by atoms with Gasteiger partial charge in [-0.1, -0.05) is 0 Å². The van der Waals surface area contributed by atoms with E-state index in [9.17, 15) is 14.3 Å². The lowest BCUT2D eigenvalue weighted by Gasteiger charge is -2.26. The number of methoxy groups -OCH3 is 2. The van der Waals surface area contributed by atoms with Crippen LogP contribution in [0.1, 0.15) is 6.42 Å². The van der Waals surface area contributed by atoms with Gasteiger partial charge in [0.25, 0.3) is 0 Å². The molecule has 1 aliphatic rings. The molecule has 0 bridgehead atoms. The quantitative estimate of drug-likeness (QED) is 0.568. The van der Waals surface area contributed by atoms with Crippen LogP contribution in [0.2, 0.25) is 0 Å². The van der Waals surface area contributed by atoms with E-state index >= 15 is 0 Å². The molecule has 5 atom stereocenters. The van der Waals surface area contributed by atoms with Crippen LogP contribution in [0.15, 0.2) is 0 Å². The predicted octanol–water partition coefficient (Wildman–Crippen LogP) is 0.0973. The molecule has 1 saturated carbocycles. The summed E-state index contributed by atoms with van der Waals surface area (Å²) in [7, 11) is 1.39. The second-order valence-corrected chi connectivity index (χ2v) is 6.22. The van der Waals surface area contributed by atoms with Crippen LogP contribution >= 0.6 is 7.82 Å². The van der Waals surface area contributed by atoms with Crippen LogP contribution in [-0.2, 0) is 23.1 Å². The highest BCUT2D eigenvalue weighted by molar-refractivity contribution is 7.47. The number of carbonyl (C=O) groups excluding carboxylic acids is 1. The molecular weight excluding hydrogens is 303 g/mol. The fourth-order valence-electron chi connectivity index (χ4n) is 2.49. The van der Waals surface area contributed by atoms with E-state index in [1.54, 1.807) is 0 Å². The summed E-state index contributed by atoms with van der Waals surface area (Å²) in [6.07, 6.45) is -0.820. The molecule has 124 valence electrons. The Labute approximate surface area is 123 Å². The van der Waals surface area contributed by atoms with Gasteiger partial charge in [-0.25, -0.2) is 9.36 Å². The third kappa shape index (κ3) is 4.91. The average molecular weight is 326 g/mol. The number of phosphoric acid groups is 1. The first-order valence-corrected chi connectivity index (χ1v) is 7.95. The van der Waals surface area contributed by atoms with Crippen molar-refractivity contribution in [1.82, 2.24) is 10.6 Å². The molecule has 2 unspecified atom stereocenters. The van der Waals surface area contributed by atoms with Crippen LogP contribution in [0.25, 0.3) is 0 Å². The van der Waals surface area contributed by atoms with Crippen LogP contribution in [0.4, 0.5) is 4.79 Å². The Bertz CT molecular complexity index is 395. The molecule has 1 fully saturated rings. The lowest BCUT2D eigenvalue weighted by molar-refractivity contribution is -0.0287. The first-order valence-electron chi connectivity index (χ1n) is 6.45. The van der Waals surface area contributed by atoms with Gasteiger partial charge >= 0.3 is 13.9 Å². The molecule has 0 heterocycles. The molecule has 0 spiro atoms. The van der Waals surface area contributed by atoms with E-state index in [2.05, 4.69) is 15.2 Å². The molecule has 0 aromatic carbocycles. The molecule has 21 heavy (non-hydrogen) atoms. The predicted molar refractivity (Wildman–Crippen MR) is 73.9 cm³/mol. The van der Waals surface area contributed by atoms with Crippen molar-refractivity contribution in [3.8, 4) is 0 Å². The van der Waals surface area contributed by atoms with E-state index in [0.717, 1.165) is 7.11 Å². The zero-order chi connectivity index (χ0) is 16.0. The lowest BCUT2D eigenvalue weighted by Crippen LogP contribution is -2.47. The Morgan fingerprint density at radius 2 is 2.00 bits per heavy atom. The van der Waals surface area contributed by atoms with Crippen molar-refractivity contribution in [2.45, 2.75) is 24.7 Å². The van der Waals surface area contributed by atoms with E-state index in [0.29, 0.717) is 13.0 Å². The molecule has 10 heteroatoms. The van der Waals surface area contributed by atoms with Crippen molar-refractivity contribution in [2.24, 2.45) is 5.92 Å². The molecule has 0 aromatic heterocycles. The molecule has 1 rings (SSSR count). The number of amides is 2. The second-order valence-electron chi connectivity index (χ2n) is 4.70.